The third-order valence-electron chi connectivity index (χ3n) is 16.2. The summed E-state index contributed by atoms with van der Waals surface area (Å²) in [7, 11) is 3.61. The highest BCUT2D eigenvalue weighted by molar-refractivity contribution is 7.86. The molecule has 3 fully saturated rings. The summed E-state index contributed by atoms with van der Waals surface area (Å²) in [4.78, 5) is 51.9. The lowest BCUT2D eigenvalue weighted by atomic mass is 9.73. The van der Waals surface area contributed by atoms with E-state index in [0.717, 1.165) is 11.8 Å². The number of benzene rings is 1. The zero-order chi connectivity index (χ0) is 59.8. The second kappa shape index (κ2) is 28.1. The fourth-order valence-corrected chi connectivity index (χ4v) is 12.8. The zero-order valence-corrected chi connectivity index (χ0v) is 50.0. The van der Waals surface area contributed by atoms with Crippen molar-refractivity contribution in [1.29, 1.82) is 0 Å². The number of nitrogens with one attached hydrogen (secondary N) is 1. The second-order valence-corrected chi connectivity index (χ2v) is 24.6. The number of carboxylic acid groups (broad SMARTS) is 1. The van der Waals surface area contributed by atoms with Gasteiger partial charge >= 0.3 is 11.9 Å². The van der Waals surface area contributed by atoms with Gasteiger partial charge in [0.05, 0.1) is 76.2 Å². The molecule has 0 saturated carbocycles. The standard InChI is InChI=1S/C55H90N4O20S/c1-16-41-55(10,67)47(62)32(4)43(57-73-29-70-13)30(2)26-53(8,66)48(78-52-45(61)40(58(11)12)24-31(3)74-52)33(5)46(34(6)51(65)76-41)77-42-27-54(9,71-14)49(35(7)75-42)79-80(68,69)23-22-56-21-17-18-36-19-20-39-37(25-36)44(60)38(50(63)64)28-59(39)72-15/h19-20,25,28,30-35,40-42,45-49,52,56,61-62,66-67H,16-18,21-24,26-27,29H2,1-15H3,(H,63,64)/b57-43+/t30-,31-,32+,33+,34-,35+,40+,41-,42+,45-,46+,47-,48-,49+,52+,53-,54-,55-/m1/s1. The summed E-state index contributed by atoms with van der Waals surface area (Å²) in [6.45, 7) is 16.6. The van der Waals surface area contributed by atoms with Crippen molar-refractivity contribution in [3.63, 3.8) is 0 Å². The number of aliphatic hydroxyl groups is 4. The Kier molecular flexibility index (Phi) is 23.5. The minimum atomic E-state index is -4.23. The molecule has 0 radical (unpaired) electrons. The number of cyclic esters (lactones) is 1. The van der Waals surface area contributed by atoms with Gasteiger partial charge in [-0.05, 0) is 112 Å². The Labute approximate surface area is 470 Å². The Morgan fingerprint density at radius 2 is 1.64 bits per heavy atom. The van der Waals surface area contributed by atoms with Crippen LogP contribution in [0, 0.1) is 23.7 Å². The number of aromatic nitrogens is 1. The molecule has 24 nitrogen and oxygen atoms in total. The lowest BCUT2D eigenvalue weighted by Crippen LogP contribution is -2.61. The van der Waals surface area contributed by atoms with Gasteiger partial charge in [0.25, 0.3) is 10.1 Å². The molecule has 80 heavy (non-hydrogen) atoms. The summed E-state index contributed by atoms with van der Waals surface area (Å²) >= 11 is 0. The Bertz CT molecular complexity index is 2580. The van der Waals surface area contributed by atoms with E-state index in [1.54, 1.807) is 73.6 Å². The van der Waals surface area contributed by atoms with Crippen molar-refractivity contribution in [2.45, 2.75) is 192 Å². The van der Waals surface area contributed by atoms with Gasteiger partial charge in [-0.2, -0.15) is 13.1 Å². The first-order valence-electron chi connectivity index (χ1n) is 27.5. The summed E-state index contributed by atoms with van der Waals surface area (Å²) in [6.07, 6.45) is -9.04. The number of nitrogens with zero attached hydrogens (tertiary/aromatic N) is 3. The Morgan fingerprint density at radius 3 is 2.25 bits per heavy atom. The molecule has 25 heteroatoms. The van der Waals surface area contributed by atoms with E-state index in [4.69, 9.17) is 47.0 Å². The SMILES string of the molecule is CC[C@H]1OC(=O)[C@H](C)[C@@H](O[C@H]2C[C@@](C)(OC)[C@@H](OS(=O)(=O)CCNCCCc3ccc4c(c3)c(=O)c(C(=O)O)cn4OC)[C@H](C)O2)[C@H](C)[C@@H](O[C@@H]2O[C@H](C)C[C@H](N(C)C)[C@H]2O)[C@](C)(O)C[C@@H](C)/C(=N\OCOC)[C@H](C)[C@@H](O)[C@]1(C)O. The Balaban J connectivity index is 1.39. The molecule has 4 heterocycles. The summed E-state index contributed by atoms with van der Waals surface area (Å²) in [6, 6.07) is 4.70. The molecule has 0 bridgehead atoms. The Morgan fingerprint density at radius 1 is 0.950 bits per heavy atom. The number of hydrogen-bond donors (Lipinski definition) is 6. The first-order chi connectivity index (χ1) is 37.4. The van der Waals surface area contributed by atoms with Gasteiger partial charge in [-0.15, -0.1) is 0 Å². The molecule has 0 spiro atoms. The molecule has 3 aliphatic rings. The minimum Gasteiger partial charge on any atom is -0.477 e. The third kappa shape index (κ3) is 15.8. The average Bonchev–Trinajstić information content (AvgIpc) is 3.42. The molecule has 0 amide bonds. The number of aromatic carboxylic acids is 1. The van der Waals surface area contributed by atoms with Crippen LogP contribution < -0.4 is 15.6 Å². The van der Waals surface area contributed by atoms with Crippen LogP contribution in [-0.2, 0) is 63.5 Å². The molecule has 5 rings (SSSR count). The van der Waals surface area contributed by atoms with Gasteiger partial charge in [-0.1, -0.05) is 38.9 Å². The number of esters is 1. The summed E-state index contributed by atoms with van der Waals surface area (Å²) in [5.74, 6) is -6.37. The number of rotatable bonds is 21. The highest BCUT2D eigenvalue weighted by Gasteiger charge is 2.54. The molecule has 0 unspecified atom stereocenters. The number of oxime groups is 1. The van der Waals surface area contributed by atoms with E-state index in [2.05, 4.69) is 10.5 Å². The molecule has 0 aliphatic carbocycles. The molecular formula is C55H90N4O20S. The molecule has 18 atom stereocenters. The van der Waals surface area contributed by atoms with Crippen LogP contribution in [0.2, 0.25) is 0 Å². The number of carboxylic acids is 1. The van der Waals surface area contributed by atoms with Crippen LogP contribution in [-0.4, -0.2) is 207 Å². The van der Waals surface area contributed by atoms with Crippen molar-refractivity contribution in [2.24, 2.45) is 28.8 Å². The number of carbonyl (C=O) groups excluding carboxylic acids is 1. The van der Waals surface area contributed by atoms with E-state index in [9.17, 15) is 48.3 Å². The predicted octanol–water partition coefficient (Wildman–Crippen LogP) is 2.84. The van der Waals surface area contributed by atoms with Crippen molar-refractivity contribution in [3.8, 4) is 0 Å². The summed E-state index contributed by atoms with van der Waals surface area (Å²) < 4.78 is 78.1. The van der Waals surface area contributed by atoms with E-state index in [1.807, 2.05) is 25.9 Å². The number of fused-ring (bicyclic) bond motifs is 1. The van der Waals surface area contributed by atoms with Crippen molar-refractivity contribution in [1.82, 2.24) is 14.9 Å². The normalized spacial score (nSPS) is 36.6. The molecule has 6 N–H and O–H groups in total. The monoisotopic (exact) mass is 1160 g/mol. The van der Waals surface area contributed by atoms with Crippen LogP contribution in [0.5, 0.6) is 0 Å². The smallest absolute Gasteiger partial charge is 0.341 e. The fourth-order valence-electron chi connectivity index (χ4n) is 11.7. The number of pyridine rings is 1. The number of likely N-dealkylation sites (N-methyl/N-ethyl adjacent to an activating group) is 1. The number of aryl methyl sites for hydroxylation is 1. The van der Waals surface area contributed by atoms with E-state index < -0.39 is 141 Å². The fraction of sp³-hybridized carbons (Fsp3) is 0.782. The molecule has 456 valence electrons. The zero-order valence-electron chi connectivity index (χ0n) is 49.2. The van der Waals surface area contributed by atoms with Crippen LogP contribution in [0.1, 0.15) is 117 Å². The van der Waals surface area contributed by atoms with E-state index in [1.165, 1.54) is 33.0 Å². The van der Waals surface area contributed by atoms with Crippen LogP contribution in [0.15, 0.2) is 34.3 Å². The third-order valence-corrected chi connectivity index (χ3v) is 17.4. The maximum absolute atomic E-state index is 14.6. The van der Waals surface area contributed by atoms with Crippen LogP contribution in [0.25, 0.3) is 10.9 Å². The van der Waals surface area contributed by atoms with Gasteiger partial charge in [0.1, 0.15) is 36.6 Å². The average molecular weight is 1160 g/mol. The maximum atomic E-state index is 14.6. The van der Waals surface area contributed by atoms with Crippen LogP contribution >= 0.6 is 0 Å². The number of methoxy groups -OCH3 is 2. The Hall–Kier alpha value is -3.93. The van der Waals surface area contributed by atoms with Gasteiger partial charge in [0.15, 0.2) is 12.6 Å². The first-order valence-corrected chi connectivity index (χ1v) is 29.1. The molecule has 3 aliphatic heterocycles. The highest BCUT2D eigenvalue weighted by Crippen LogP contribution is 2.42. The lowest BCUT2D eigenvalue weighted by Gasteiger charge is -2.49. The van der Waals surface area contributed by atoms with Gasteiger partial charge in [0.2, 0.25) is 12.2 Å². The van der Waals surface area contributed by atoms with Gasteiger partial charge in [-0.3, -0.25) is 13.8 Å². The minimum absolute atomic E-state index is 0.0248. The summed E-state index contributed by atoms with van der Waals surface area (Å²) in [5.41, 5.74) is -4.89. The van der Waals surface area contributed by atoms with Crippen LogP contribution in [0.3, 0.4) is 0 Å². The topological polar surface area (TPSA) is 311 Å². The molecule has 3 saturated heterocycles. The molecule has 1 aromatic heterocycles. The van der Waals surface area contributed by atoms with Gasteiger partial charge < -0.3 is 78.6 Å². The number of ether oxygens (including phenoxy) is 7. The van der Waals surface area contributed by atoms with E-state index >= 15 is 0 Å². The maximum Gasteiger partial charge on any atom is 0.341 e. The van der Waals surface area contributed by atoms with Crippen molar-refractivity contribution in [2.75, 3.05) is 61.1 Å². The van der Waals surface area contributed by atoms with E-state index in [-0.39, 0.29) is 49.8 Å². The predicted molar refractivity (Wildman–Crippen MR) is 293 cm³/mol. The largest absolute Gasteiger partial charge is 0.477 e. The quantitative estimate of drug-likeness (QED) is 0.0344. The molecule has 2 aromatic rings. The van der Waals surface area contributed by atoms with E-state index in [0.29, 0.717) is 31.3 Å². The van der Waals surface area contributed by atoms with Crippen LogP contribution in [0.4, 0.5) is 0 Å². The van der Waals surface area contributed by atoms with Crippen molar-refractivity contribution >= 4 is 38.7 Å². The van der Waals surface area contributed by atoms with Gasteiger partial charge in [0, 0.05) is 51.0 Å². The lowest BCUT2D eigenvalue weighted by molar-refractivity contribution is -0.316. The summed E-state index contributed by atoms with van der Waals surface area (Å²) in [5, 5.41) is 65.9. The van der Waals surface area contributed by atoms with Gasteiger partial charge in [-0.25, -0.2) is 4.79 Å². The number of carbonyl (C=O) groups is 2. The van der Waals surface area contributed by atoms with Crippen molar-refractivity contribution in [3.05, 3.63) is 45.7 Å². The number of hydrogen-bond acceptors (Lipinski definition) is 22. The number of aliphatic hydroxyl groups excluding tert-OH is 2. The van der Waals surface area contributed by atoms with Crippen molar-refractivity contribution < 1.29 is 90.6 Å². The molecule has 1 aromatic carbocycles. The highest BCUT2D eigenvalue weighted by atomic mass is 32.2. The second-order valence-electron chi connectivity index (χ2n) is 22.8. The first kappa shape index (κ1) is 66.9. The molecular weight excluding hydrogens is 1070 g/mol.